The molecule has 14 heavy (non-hydrogen) atoms. The van der Waals surface area contributed by atoms with Crippen LogP contribution in [0.25, 0.3) is 0 Å². The minimum atomic E-state index is -0.639. The lowest BCUT2D eigenvalue weighted by Gasteiger charge is -1.99. The van der Waals surface area contributed by atoms with Crippen LogP contribution in [-0.2, 0) is 0 Å². The first-order chi connectivity index (χ1) is 6.52. The van der Waals surface area contributed by atoms with Crippen molar-refractivity contribution in [1.82, 2.24) is 0 Å². The molecule has 0 unspecified atom stereocenters. The number of carbonyl (C=O) groups is 1. The maximum Gasteiger partial charge on any atom is 0.273 e. The molecule has 4 N–H and O–H groups in total. The maximum atomic E-state index is 9.09. The van der Waals surface area contributed by atoms with Crippen molar-refractivity contribution < 1.29 is 9.53 Å². The number of hydrogen-bond acceptors (Lipinski definition) is 3. The van der Waals surface area contributed by atoms with E-state index in [2.05, 4.69) is 30.6 Å². The first-order valence-electron chi connectivity index (χ1n) is 3.53. The average Bonchev–Trinajstić information content (AvgIpc) is 2.03. The molecular formula is C8H10N2O2S2. The van der Waals surface area contributed by atoms with E-state index in [-0.39, 0.29) is 5.17 Å². The summed E-state index contributed by atoms with van der Waals surface area (Å²) in [7, 11) is 0. The number of rotatable bonds is 1. The number of para-hydroxylation sites is 1. The zero-order valence-corrected chi connectivity index (χ0v) is 8.92. The van der Waals surface area contributed by atoms with Gasteiger partial charge in [-0.05, 0) is 24.4 Å². The molecule has 0 saturated heterocycles. The smallest absolute Gasteiger partial charge is 0.273 e. The molecule has 0 aliphatic rings. The summed E-state index contributed by atoms with van der Waals surface area (Å²) in [6, 6.07) is 9.19. The number of thiocarbonyl (C=S) groups is 1. The van der Waals surface area contributed by atoms with E-state index in [1.165, 1.54) is 0 Å². The van der Waals surface area contributed by atoms with Gasteiger partial charge in [0.1, 0.15) is 5.75 Å². The maximum absolute atomic E-state index is 9.09. The van der Waals surface area contributed by atoms with Crippen molar-refractivity contribution in [1.29, 1.82) is 0 Å². The summed E-state index contributed by atoms with van der Waals surface area (Å²) in [5.41, 5.74) is 9.47. The molecule has 1 rings (SSSR count). The molecule has 0 bridgehead atoms. The van der Waals surface area contributed by atoms with Crippen molar-refractivity contribution in [2.75, 3.05) is 0 Å². The normalized spacial score (nSPS) is 8.07. The number of carbonyl (C=O) groups excluding carboxylic acids is 1. The van der Waals surface area contributed by atoms with Crippen molar-refractivity contribution in [3.05, 3.63) is 30.3 Å². The predicted octanol–water partition coefficient (Wildman–Crippen LogP) is 1.30. The molecule has 0 atom stereocenters. The minimum absolute atomic E-state index is 0.0474. The zero-order chi connectivity index (χ0) is 11.0. The second-order valence-electron chi connectivity index (χ2n) is 2.07. The Balaban J connectivity index is 0.000000364. The number of primary amides is 1. The third kappa shape index (κ3) is 8.82. The highest BCUT2D eigenvalue weighted by Crippen LogP contribution is 2.07. The monoisotopic (exact) mass is 230 g/mol. The van der Waals surface area contributed by atoms with Gasteiger partial charge >= 0.3 is 0 Å². The molecule has 0 spiro atoms. The van der Waals surface area contributed by atoms with Gasteiger partial charge in [-0.15, -0.1) is 0 Å². The number of nitrogens with two attached hydrogens (primary N) is 2. The lowest BCUT2D eigenvalue weighted by atomic mass is 10.3. The number of thiol groups is 1. The molecule has 1 aromatic carbocycles. The van der Waals surface area contributed by atoms with Crippen LogP contribution < -0.4 is 16.2 Å². The highest BCUT2D eigenvalue weighted by molar-refractivity contribution is 7.96. The standard InChI is InChI=1S/C7H7NOS.CH3NOS/c8-7(10)9-6-4-2-1-3-5-6;2-1(3)4/h1-5H,(H2,8,10);(H3,2,3,4). The van der Waals surface area contributed by atoms with Crippen LogP contribution in [0, 0.1) is 0 Å². The summed E-state index contributed by atoms with van der Waals surface area (Å²) in [4.78, 5) is 9.09. The van der Waals surface area contributed by atoms with Gasteiger partial charge in [-0.2, -0.15) is 0 Å². The van der Waals surface area contributed by atoms with Gasteiger partial charge < -0.3 is 16.2 Å². The Morgan fingerprint density at radius 2 is 1.71 bits per heavy atom. The SMILES string of the molecule is NC(=O)S.NC(=S)Oc1ccccc1. The second kappa shape index (κ2) is 7.16. The molecule has 0 radical (unpaired) electrons. The van der Waals surface area contributed by atoms with E-state index >= 15 is 0 Å². The van der Waals surface area contributed by atoms with Crippen molar-refractivity contribution in [2.24, 2.45) is 11.5 Å². The Labute approximate surface area is 92.6 Å². The predicted molar refractivity (Wildman–Crippen MR) is 62.4 cm³/mol. The van der Waals surface area contributed by atoms with Gasteiger partial charge in [0.05, 0.1) is 0 Å². The zero-order valence-electron chi connectivity index (χ0n) is 7.21. The third-order valence-corrected chi connectivity index (χ3v) is 1.04. The Bertz CT molecular complexity index is 299. The topological polar surface area (TPSA) is 78.3 Å². The van der Waals surface area contributed by atoms with Crippen LogP contribution in [0.4, 0.5) is 4.79 Å². The van der Waals surface area contributed by atoms with Crippen LogP contribution >= 0.6 is 24.8 Å². The molecule has 0 heterocycles. The van der Waals surface area contributed by atoms with E-state index in [1.807, 2.05) is 18.2 Å². The summed E-state index contributed by atoms with van der Waals surface area (Å²) < 4.78 is 4.92. The third-order valence-electron chi connectivity index (χ3n) is 0.962. The number of amides is 1. The molecule has 0 aliphatic carbocycles. The van der Waals surface area contributed by atoms with E-state index in [0.717, 1.165) is 0 Å². The van der Waals surface area contributed by atoms with Gasteiger partial charge in [0.25, 0.3) is 10.4 Å². The molecule has 1 amide bonds. The number of benzene rings is 1. The Morgan fingerprint density at radius 1 is 1.29 bits per heavy atom. The second-order valence-corrected chi connectivity index (χ2v) is 2.92. The molecular weight excluding hydrogens is 220 g/mol. The van der Waals surface area contributed by atoms with E-state index < -0.39 is 5.24 Å². The van der Waals surface area contributed by atoms with Crippen LogP contribution in [0.2, 0.25) is 0 Å². The first kappa shape index (κ1) is 12.7. The van der Waals surface area contributed by atoms with Crippen LogP contribution in [0.1, 0.15) is 0 Å². The molecule has 76 valence electrons. The molecule has 1 aromatic rings. The summed E-state index contributed by atoms with van der Waals surface area (Å²) in [6.07, 6.45) is 0. The molecule has 0 saturated carbocycles. The lowest BCUT2D eigenvalue weighted by molar-refractivity contribution is 0.267. The van der Waals surface area contributed by atoms with Gasteiger partial charge in [0.15, 0.2) is 0 Å². The van der Waals surface area contributed by atoms with Gasteiger partial charge in [-0.25, -0.2) is 0 Å². The first-order valence-corrected chi connectivity index (χ1v) is 4.38. The van der Waals surface area contributed by atoms with Crippen molar-refractivity contribution in [2.45, 2.75) is 0 Å². The van der Waals surface area contributed by atoms with Gasteiger partial charge in [0, 0.05) is 0 Å². The van der Waals surface area contributed by atoms with Gasteiger partial charge in [-0.1, -0.05) is 30.8 Å². The van der Waals surface area contributed by atoms with Crippen LogP contribution in [0.15, 0.2) is 30.3 Å². The largest absolute Gasteiger partial charge is 0.432 e. The van der Waals surface area contributed by atoms with Crippen molar-refractivity contribution >= 4 is 35.3 Å². The summed E-state index contributed by atoms with van der Waals surface area (Å²) in [5, 5.41) is -0.591. The molecule has 0 aromatic heterocycles. The quantitative estimate of drug-likeness (QED) is 0.502. The Morgan fingerprint density at radius 3 is 2.07 bits per heavy atom. The molecule has 0 fully saturated rings. The number of hydrogen-bond donors (Lipinski definition) is 3. The van der Waals surface area contributed by atoms with Crippen LogP contribution in [-0.4, -0.2) is 10.4 Å². The Kier molecular flexibility index (Phi) is 6.51. The highest BCUT2D eigenvalue weighted by atomic mass is 32.1. The van der Waals surface area contributed by atoms with Crippen molar-refractivity contribution in [3.8, 4) is 5.75 Å². The summed E-state index contributed by atoms with van der Waals surface area (Å²) >= 11 is 7.64. The summed E-state index contributed by atoms with van der Waals surface area (Å²) in [5.74, 6) is 0.676. The molecule has 6 heteroatoms. The minimum Gasteiger partial charge on any atom is -0.432 e. The van der Waals surface area contributed by atoms with Crippen molar-refractivity contribution in [3.63, 3.8) is 0 Å². The van der Waals surface area contributed by atoms with Gasteiger partial charge in [0.2, 0.25) is 0 Å². The number of ether oxygens (including phenoxy) is 1. The van der Waals surface area contributed by atoms with E-state index in [9.17, 15) is 0 Å². The molecule has 4 nitrogen and oxygen atoms in total. The van der Waals surface area contributed by atoms with Crippen LogP contribution in [0.3, 0.4) is 0 Å². The highest BCUT2D eigenvalue weighted by Gasteiger charge is 1.90. The van der Waals surface area contributed by atoms with E-state index in [1.54, 1.807) is 12.1 Å². The van der Waals surface area contributed by atoms with E-state index in [0.29, 0.717) is 5.75 Å². The average molecular weight is 230 g/mol. The summed E-state index contributed by atoms with van der Waals surface area (Å²) in [6.45, 7) is 0. The van der Waals surface area contributed by atoms with Crippen LogP contribution in [0.5, 0.6) is 5.75 Å². The molecule has 0 aliphatic heterocycles. The fraction of sp³-hybridized carbons (Fsp3) is 0. The van der Waals surface area contributed by atoms with E-state index in [4.69, 9.17) is 15.3 Å². The fourth-order valence-corrected chi connectivity index (χ4v) is 0.701. The van der Waals surface area contributed by atoms with Gasteiger partial charge in [-0.3, -0.25) is 4.79 Å². The Hall–Kier alpha value is -1.27. The lowest BCUT2D eigenvalue weighted by Crippen LogP contribution is -2.15. The fourth-order valence-electron chi connectivity index (χ4n) is 0.605.